The van der Waals surface area contributed by atoms with E-state index < -0.39 is 0 Å². The van der Waals surface area contributed by atoms with E-state index in [2.05, 4.69) is 25.1 Å². The number of ether oxygens (including phenoxy) is 1. The zero-order valence-corrected chi connectivity index (χ0v) is 15.8. The third-order valence-electron chi connectivity index (χ3n) is 6.24. The largest absolute Gasteiger partial charge is 0.394 e. The van der Waals surface area contributed by atoms with Crippen molar-refractivity contribution < 1.29 is 9.84 Å². The molecule has 1 saturated carbocycles. The molecule has 0 heterocycles. The van der Waals surface area contributed by atoms with Gasteiger partial charge >= 0.3 is 0 Å². The highest BCUT2D eigenvalue weighted by Crippen LogP contribution is 2.40. The number of hydrogen-bond donors (Lipinski definition) is 2. The molecule has 0 spiro atoms. The molecular formula is C22H35NO2. The third kappa shape index (κ3) is 4.84. The zero-order chi connectivity index (χ0) is 17.7. The number of nitrogens with two attached hydrogens (primary N) is 1. The van der Waals surface area contributed by atoms with Crippen LogP contribution in [0.4, 0.5) is 0 Å². The molecule has 0 saturated heterocycles. The van der Waals surface area contributed by atoms with Gasteiger partial charge in [0.25, 0.3) is 0 Å². The summed E-state index contributed by atoms with van der Waals surface area (Å²) in [6.07, 6.45) is 10.2. The summed E-state index contributed by atoms with van der Waals surface area (Å²) < 4.78 is 5.89. The number of benzene rings is 1. The van der Waals surface area contributed by atoms with Gasteiger partial charge in [0.05, 0.1) is 6.61 Å². The Kier molecular flexibility index (Phi) is 6.54. The van der Waals surface area contributed by atoms with E-state index in [4.69, 9.17) is 10.5 Å². The van der Waals surface area contributed by atoms with Gasteiger partial charge in [-0.05, 0) is 73.5 Å². The maximum absolute atomic E-state index is 9.49. The minimum atomic E-state index is -0.360. The van der Waals surface area contributed by atoms with Gasteiger partial charge in [-0.2, -0.15) is 0 Å². The van der Waals surface area contributed by atoms with Crippen molar-refractivity contribution in [2.45, 2.75) is 76.2 Å². The third-order valence-corrected chi connectivity index (χ3v) is 6.24. The maximum atomic E-state index is 9.49. The number of hydrogen-bond acceptors (Lipinski definition) is 3. The number of unbranched alkanes of at least 4 members (excludes halogenated alkanes) is 2. The Bertz CT molecular complexity index is 559. The number of aryl methyl sites for hydroxylation is 1. The summed E-state index contributed by atoms with van der Waals surface area (Å²) in [7, 11) is 0. The van der Waals surface area contributed by atoms with Crippen LogP contribution in [0.1, 0.15) is 74.5 Å². The Hall–Kier alpha value is -0.900. The molecule has 0 amide bonds. The van der Waals surface area contributed by atoms with Crippen LogP contribution < -0.4 is 5.73 Å². The van der Waals surface area contributed by atoms with E-state index in [0.29, 0.717) is 11.8 Å². The molecule has 1 fully saturated rings. The minimum Gasteiger partial charge on any atom is -0.394 e. The average Bonchev–Trinajstić information content (AvgIpc) is 3.04. The van der Waals surface area contributed by atoms with Crippen LogP contribution in [0.3, 0.4) is 0 Å². The van der Waals surface area contributed by atoms with E-state index in [1.54, 1.807) is 0 Å². The predicted octanol–water partition coefficient (Wildman–Crippen LogP) is 3.96. The summed E-state index contributed by atoms with van der Waals surface area (Å²) in [5.74, 6) is 1.19. The summed E-state index contributed by atoms with van der Waals surface area (Å²) in [6.45, 7) is 4.17. The van der Waals surface area contributed by atoms with Crippen molar-refractivity contribution in [3.8, 4) is 0 Å². The van der Waals surface area contributed by atoms with Gasteiger partial charge in [0.2, 0.25) is 0 Å². The normalized spacial score (nSPS) is 28.9. The van der Waals surface area contributed by atoms with Gasteiger partial charge in [-0.1, -0.05) is 38.0 Å². The van der Waals surface area contributed by atoms with E-state index in [1.165, 1.54) is 48.8 Å². The summed E-state index contributed by atoms with van der Waals surface area (Å²) in [5, 5.41) is 9.49. The Morgan fingerprint density at radius 1 is 1.24 bits per heavy atom. The van der Waals surface area contributed by atoms with Crippen molar-refractivity contribution in [1.29, 1.82) is 0 Å². The Morgan fingerprint density at radius 2 is 2.12 bits per heavy atom. The second kappa shape index (κ2) is 8.66. The standard InChI is InChI=1S/C22H35NO2/c1-2-3-4-11-25-15-17-5-6-19-13-20(8-7-18(19)12-17)21-9-10-22(23,14-21)16-24/h7-8,13,17,21,24H,2-6,9-12,14-16,23H2,1H3/t17-,21+,22-/m1/s1. The molecule has 0 bridgehead atoms. The van der Waals surface area contributed by atoms with Crippen molar-refractivity contribution in [3.05, 3.63) is 34.9 Å². The van der Waals surface area contributed by atoms with Crippen LogP contribution in [0.15, 0.2) is 18.2 Å². The molecule has 0 aliphatic heterocycles. The van der Waals surface area contributed by atoms with Crippen molar-refractivity contribution in [1.82, 2.24) is 0 Å². The van der Waals surface area contributed by atoms with Crippen LogP contribution in [0, 0.1) is 5.92 Å². The Morgan fingerprint density at radius 3 is 2.88 bits per heavy atom. The molecule has 3 rings (SSSR count). The molecule has 140 valence electrons. The van der Waals surface area contributed by atoms with Gasteiger partial charge in [-0.3, -0.25) is 0 Å². The van der Waals surface area contributed by atoms with Crippen LogP contribution in [-0.2, 0) is 17.6 Å². The summed E-state index contributed by atoms with van der Waals surface area (Å²) >= 11 is 0. The highest BCUT2D eigenvalue weighted by molar-refractivity contribution is 5.36. The smallest absolute Gasteiger partial charge is 0.0611 e. The molecule has 3 atom stereocenters. The molecule has 2 aliphatic rings. The summed E-state index contributed by atoms with van der Waals surface area (Å²) in [4.78, 5) is 0. The van der Waals surface area contributed by atoms with Gasteiger partial charge in [-0.15, -0.1) is 0 Å². The van der Waals surface area contributed by atoms with Crippen LogP contribution in [-0.4, -0.2) is 30.5 Å². The minimum absolute atomic E-state index is 0.106. The molecule has 3 N–H and O–H groups in total. The fraction of sp³-hybridized carbons (Fsp3) is 0.727. The van der Waals surface area contributed by atoms with E-state index in [0.717, 1.165) is 38.9 Å². The van der Waals surface area contributed by atoms with Crippen molar-refractivity contribution in [2.75, 3.05) is 19.8 Å². The molecule has 1 aromatic rings. The Labute approximate surface area is 153 Å². The topological polar surface area (TPSA) is 55.5 Å². The van der Waals surface area contributed by atoms with E-state index in [-0.39, 0.29) is 12.1 Å². The van der Waals surface area contributed by atoms with Crippen molar-refractivity contribution in [3.63, 3.8) is 0 Å². The van der Waals surface area contributed by atoms with E-state index >= 15 is 0 Å². The van der Waals surface area contributed by atoms with Gasteiger partial charge in [0.15, 0.2) is 0 Å². The van der Waals surface area contributed by atoms with E-state index in [1.807, 2.05) is 0 Å². The number of rotatable bonds is 8. The number of fused-ring (bicyclic) bond motifs is 1. The first kappa shape index (κ1) is 18.9. The Balaban J connectivity index is 1.53. The molecule has 0 unspecified atom stereocenters. The fourth-order valence-electron chi connectivity index (χ4n) is 4.54. The lowest BCUT2D eigenvalue weighted by Crippen LogP contribution is -2.40. The lowest BCUT2D eigenvalue weighted by Gasteiger charge is -2.26. The van der Waals surface area contributed by atoms with E-state index in [9.17, 15) is 5.11 Å². The monoisotopic (exact) mass is 345 g/mol. The molecule has 3 heteroatoms. The second-order valence-corrected chi connectivity index (χ2v) is 8.38. The van der Waals surface area contributed by atoms with Crippen LogP contribution >= 0.6 is 0 Å². The first-order valence-corrected chi connectivity index (χ1v) is 10.2. The zero-order valence-electron chi connectivity index (χ0n) is 15.8. The molecule has 2 aliphatic carbocycles. The van der Waals surface area contributed by atoms with Gasteiger partial charge in [-0.25, -0.2) is 0 Å². The molecule has 0 radical (unpaired) electrons. The summed E-state index contributed by atoms with van der Waals surface area (Å²) in [6, 6.07) is 7.06. The fourth-order valence-corrected chi connectivity index (χ4v) is 4.54. The second-order valence-electron chi connectivity index (χ2n) is 8.38. The van der Waals surface area contributed by atoms with Gasteiger partial charge < -0.3 is 15.6 Å². The van der Waals surface area contributed by atoms with Crippen LogP contribution in [0.2, 0.25) is 0 Å². The van der Waals surface area contributed by atoms with Crippen molar-refractivity contribution in [2.24, 2.45) is 11.7 Å². The first-order valence-electron chi connectivity index (χ1n) is 10.2. The highest BCUT2D eigenvalue weighted by Gasteiger charge is 2.36. The number of aliphatic hydroxyl groups excluding tert-OH is 1. The quantitative estimate of drug-likeness (QED) is 0.701. The predicted molar refractivity (Wildman–Crippen MR) is 103 cm³/mol. The number of aliphatic hydroxyl groups is 1. The maximum Gasteiger partial charge on any atom is 0.0611 e. The SMILES string of the molecule is CCCCCOC[C@@H]1CCc2cc([C@H]3CC[C@](N)(CO)C3)ccc2C1. The first-order chi connectivity index (χ1) is 12.1. The average molecular weight is 346 g/mol. The van der Waals surface area contributed by atoms with Crippen LogP contribution in [0.25, 0.3) is 0 Å². The lowest BCUT2D eigenvalue weighted by atomic mass is 9.82. The molecule has 0 aromatic heterocycles. The molecular weight excluding hydrogens is 310 g/mol. The van der Waals surface area contributed by atoms with Gasteiger partial charge in [0.1, 0.15) is 0 Å². The highest BCUT2D eigenvalue weighted by atomic mass is 16.5. The van der Waals surface area contributed by atoms with Crippen LogP contribution in [0.5, 0.6) is 0 Å². The lowest BCUT2D eigenvalue weighted by molar-refractivity contribution is 0.0914. The molecule has 1 aromatic carbocycles. The molecule has 25 heavy (non-hydrogen) atoms. The molecule has 3 nitrogen and oxygen atoms in total. The summed E-state index contributed by atoms with van der Waals surface area (Å²) in [5.41, 5.74) is 10.4. The van der Waals surface area contributed by atoms with Crippen molar-refractivity contribution >= 4 is 0 Å². The van der Waals surface area contributed by atoms with Gasteiger partial charge in [0, 0.05) is 18.8 Å².